The van der Waals surface area contributed by atoms with Crippen molar-refractivity contribution in [1.82, 2.24) is 0 Å². The highest BCUT2D eigenvalue weighted by Crippen LogP contribution is 2.25. The van der Waals surface area contributed by atoms with Crippen LogP contribution in [0.15, 0.2) is 0 Å². The Hall–Kier alpha value is -1.57. The van der Waals surface area contributed by atoms with Gasteiger partial charge in [0.15, 0.2) is 0 Å². The van der Waals surface area contributed by atoms with Crippen LogP contribution in [0.5, 0.6) is 0 Å². The maximum atomic E-state index is 11.5. The Morgan fingerprint density at radius 2 is 1.00 bits per heavy atom. The van der Waals surface area contributed by atoms with Gasteiger partial charge in [0.1, 0.15) is 6.42 Å². The lowest BCUT2D eigenvalue weighted by molar-refractivity contribution is -0.929. The van der Waals surface area contributed by atoms with Crippen LogP contribution in [0.25, 0.3) is 0 Å². The van der Waals surface area contributed by atoms with E-state index in [1.807, 2.05) is 0 Å². The van der Waals surface area contributed by atoms with Crippen LogP contribution in [-0.2, 0) is 28.6 Å². The molecule has 0 amide bonds. The molecule has 0 saturated heterocycles. The van der Waals surface area contributed by atoms with Gasteiger partial charge in [0.05, 0.1) is 26.2 Å². The van der Waals surface area contributed by atoms with Crippen LogP contribution in [0.1, 0.15) is 67.2 Å². The fraction of sp³-hybridized carbons (Fsp3) is 0.833. The molecule has 154 valence electrons. The predicted molar refractivity (Wildman–Crippen MR) is 105 cm³/mol. The number of rotatable bonds is 12. The first-order valence-corrected chi connectivity index (χ1v) is 9.08. The fourth-order valence-electron chi connectivity index (χ4n) is 3.34. The molecule has 0 radical (unpaired) electrons. The third-order valence-corrected chi connectivity index (χ3v) is 3.88. The summed E-state index contributed by atoms with van der Waals surface area (Å²) >= 11 is 0. The Balaban J connectivity index is 0. The molecule has 0 bridgehead atoms. The normalized spacial score (nSPS) is 11.3. The van der Waals surface area contributed by atoms with Crippen LogP contribution in [-0.4, -0.2) is 63.0 Å². The van der Waals surface area contributed by atoms with E-state index < -0.39 is 23.9 Å². The van der Waals surface area contributed by atoms with Crippen molar-refractivity contribution in [1.29, 1.82) is 0 Å². The van der Waals surface area contributed by atoms with Gasteiger partial charge in [0.2, 0.25) is 0 Å². The number of carbonyl (C=O) groups is 3. The zero-order chi connectivity index (χ0) is 19.5. The van der Waals surface area contributed by atoms with E-state index in [0.29, 0.717) is 6.54 Å². The average molecular weight is 375 g/mol. The molecule has 0 spiro atoms. The third-order valence-electron chi connectivity index (χ3n) is 3.88. The van der Waals surface area contributed by atoms with E-state index in [1.54, 1.807) is 0 Å². The Morgan fingerprint density at radius 3 is 1.23 bits per heavy atom. The van der Waals surface area contributed by atoms with Crippen molar-refractivity contribution < 1.29 is 33.1 Å². The summed E-state index contributed by atoms with van der Waals surface area (Å²) in [5.74, 6) is -4.03. The summed E-state index contributed by atoms with van der Waals surface area (Å²) in [5, 5.41) is 0. The van der Waals surface area contributed by atoms with Gasteiger partial charge in [0.25, 0.3) is 0 Å². The van der Waals surface area contributed by atoms with Crippen LogP contribution in [0.4, 0.5) is 0 Å². The first kappa shape index (κ1) is 26.7. The average Bonchev–Trinajstić information content (AvgIpc) is 2.44. The number of esters is 3. The maximum absolute atomic E-state index is 11.5. The zero-order valence-corrected chi connectivity index (χ0v) is 16.6. The van der Waals surface area contributed by atoms with Crippen LogP contribution in [0.3, 0.4) is 0 Å². The molecule has 0 aliphatic heterocycles. The summed E-state index contributed by atoms with van der Waals surface area (Å²) in [7, 11) is 0. The SMILES string of the molecule is CCC[N+](CCC)(CCC)CCC(OC(C)=O)(OC(C)=O)OC(C)=O.[BH4-]. The number of hydrogen-bond donors (Lipinski definition) is 0. The zero-order valence-electron chi connectivity index (χ0n) is 16.6. The summed E-state index contributed by atoms with van der Waals surface area (Å²) in [6.45, 7) is 13.4. The number of carbonyl (C=O) groups excluding carboxylic acids is 3. The Bertz CT molecular complexity index is 397. The van der Waals surface area contributed by atoms with Gasteiger partial charge in [-0.1, -0.05) is 29.2 Å². The van der Waals surface area contributed by atoms with Crippen molar-refractivity contribution in [2.45, 2.75) is 73.2 Å². The smallest absolute Gasteiger partial charge is 0.388 e. The Morgan fingerprint density at radius 1 is 0.692 bits per heavy atom. The van der Waals surface area contributed by atoms with Crippen LogP contribution < -0.4 is 0 Å². The highest BCUT2D eigenvalue weighted by atomic mass is 16.9. The first-order chi connectivity index (χ1) is 11.6. The molecule has 0 atom stereocenters. The summed E-state index contributed by atoms with van der Waals surface area (Å²) < 4.78 is 16.3. The molecule has 0 aliphatic carbocycles. The summed E-state index contributed by atoms with van der Waals surface area (Å²) in [6, 6.07) is 0. The molecule has 0 rings (SSSR count). The standard InChI is InChI=1S/C18H34NO6.BH4/c1-7-11-19(12-8-2,13-9-3)14-10-18(23-15(4)20,24-16(5)21)25-17(6)22;/h7-14H2,1-6H3;1H4/q+1;-1. The van der Waals surface area contributed by atoms with Gasteiger partial charge in [-0.15, -0.1) is 0 Å². The minimum atomic E-state index is -2.00. The van der Waals surface area contributed by atoms with Crippen LogP contribution >= 0.6 is 0 Å². The number of hydrogen-bond acceptors (Lipinski definition) is 6. The third kappa shape index (κ3) is 9.80. The molecule has 0 aromatic rings. The van der Waals surface area contributed by atoms with Gasteiger partial charge in [-0.3, -0.25) is 14.4 Å². The minimum absolute atomic E-state index is 0. The van der Waals surface area contributed by atoms with Gasteiger partial charge >= 0.3 is 23.9 Å². The molecule has 0 aromatic carbocycles. The molecule has 0 aromatic heterocycles. The van der Waals surface area contributed by atoms with E-state index in [0.717, 1.165) is 43.4 Å². The number of nitrogens with zero attached hydrogens (tertiary/aromatic N) is 1. The van der Waals surface area contributed by atoms with Crippen molar-refractivity contribution in [3.05, 3.63) is 0 Å². The van der Waals surface area contributed by atoms with Crippen molar-refractivity contribution in [3.8, 4) is 0 Å². The summed E-state index contributed by atoms with van der Waals surface area (Å²) in [4.78, 5) is 34.5. The second-order valence-corrected chi connectivity index (χ2v) is 6.45. The van der Waals surface area contributed by atoms with Gasteiger partial charge in [-0.25, -0.2) is 0 Å². The van der Waals surface area contributed by atoms with E-state index in [2.05, 4.69) is 20.8 Å². The lowest BCUT2D eigenvalue weighted by Gasteiger charge is -2.40. The monoisotopic (exact) mass is 375 g/mol. The highest BCUT2D eigenvalue weighted by molar-refractivity contribution is 5.75. The van der Waals surface area contributed by atoms with Gasteiger partial charge < -0.3 is 18.7 Å². The molecule has 0 heterocycles. The molecular formula is C18H38BNO6. The minimum Gasteiger partial charge on any atom is -0.388 e. The molecule has 8 heteroatoms. The van der Waals surface area contributed by atoms with E-state index in [1.165, 1.54) is 20.8 Å². The van der Waals surface area contributed by atoms with Gasteiger partial charge in [-0.2, -0.15) is 0 Å². The van der Waals surface area contributed by atoms with Crippen molar-refractivity contribution in [2.24, 2.45) is 0 Å². The Labute approximate surface area is 159 Å². The molecule has 7 nitrogen and oxygen atoms in total. The lowest BCUT2D eigenvalue weighted by atomic mass is 10.2. The second kappa shape index (κ2) is 12.7. The number of quaternary nitrogens is 1. The van der Waals surface area contributed by atoms with E-state index in [-0.39, 0.29) is 14.8 Å². The fourth-order valence-corrected chi connectivity index (χ4v) is 3.34. The second-order valence-electron chi connectivity index (χ2n) is 6.45. The van der Waals surface area contributed by atoms with Crippen molar-refractivity contribution in [3.63, 3.8) is 0 Å². The molecule has 0 N–H and O–H groups in total. The van der Waals surface area contributed by atoms with Crippen LogP contribution in [0.2, 0.25) is 0 Å². The largest absolute Gasteiger partial charge is 0.429 e. The summed E-state index contributed by atoms with van der Waals surface area (Å²) in [6.07, 6.45) is 3.11. The predicted octanol–water partition coefficient (Wildman–Crippen LogP) is 1.31. The van der Waals surface area contributed by atoms with Gasteiger partial charge in [0, 0.05) is 20.8 Å². The molecular weight excluding hydrogens is 337 g/mol. The lowest BCUT2D eigenvalue weighted by Crippen LogP contribution is -2.54. The molecule has 0 aliphatic rings. The highest BCUT2D eigenvalue weighted by Gasteiger charge is 2.44. The quantitative estimate of drug-likeness (QED) is 0.222. The van der Waals surface area contributed by atoms with Gasteiger partial charge in [-0.05, 0) is 19.3 Å². The van der Waals surface area contributed by atoms with E-state index in [9.17, 15) is 14.4 Å². The molecule has 0 saturated carbocycles. The van der Waals surface area contributed by atoms with Crippen molar-refractivity contribution >= 4 is 26.3 Å². The van der Waals surface area contributed by atoms with Crippen molar-refractivity contribution in [2.75, 3.05) is 26.2 Å². The maximum Gasteiger partial charge on any atom is 0.429 e. The van der Waals surface area contributed by atoms with Crippen LogP contribution in [0, 0.1) is 0 Å². The molecule has 0 fully saturated rings. The first-order valence-electron chi connectivity index (χ1n) is 9.08. The molecule has 0 unspecified atom stereocenters. The number of ether oxygens (including phenoxy) is 3. The van der Waals surface area contributed by atoms with E-state index in [4.69, 9.17) is 14.2 Å². The molecule has 26 heavy (non-hydrogen) atoms. The summed E-state index contributed by atoms with van der Waals surface area (Å²) in [5.41, 5.74) is 0. The topological polar surface area (TPSA) is 78.9 Å². The Kier molecular flexibility index (Phi) is 13.1. The van der Waals surface area contributed by atoms with E-state index >= 15 is 0 Å².